The summed E-state index contributed by atoms with van der Waals surface area (Å²) in [5.41, 5.74) is 8.40. The molecule has 1 amide bonds. The van der Waals surface area contributed by atoms with Crippen LogP contribution in [0.3, 0.4) is 0 Å². The Labute approximate surface area is 125 Å². The summed E-state index contributed by atoms with van der Waals surface area (Å²) < 4.78 is 14.1. The SMILES string of the molecule is Cc1cc(Br)cc(C)c1NC(=O)c1ccc(F)c(N)c1. The first-order chi connectivity index (χ1) is 9.38. The second-order valence-electron chi connectivity index (χ2n) is 4.61. The third kappa shape index (κ3) is 2.99. The Kier molecular flexibility index (Phi) is 4.09. The topological polar surface area (TPSA) is 55.1 Å². The molecule has 104 valence electrons. The normalized spacial score (nSPS) is 10.4. The van der Waals surface area contributed by atoms with Crippen LogP contribution in [0.25, 0.3) is 0 Å². The minimum atomic E-state index is -0.530. The molecule has 0 aliphatic heterocycles. The third-order valence-electron chi connectivity index (χ3n) is 2.99. The highest BCUT2D eigenvalue weighted by molar-refractivity contribution is 9.10. The first-order valence-corrected chi connectivity index (χ1v) is 6.81. The van der Waals surface area contributed by atoms with Crippen LogP contribution in [0.15, 0.2) is 34.8 Å². The summed E-state index contributed by atoms with van der Waals surface area (Å²) in [6.07, 6.45) is 0. The van der Waals surface area contributed by atoms with Crippen LogP contribution in [0.5, 0.6) is 0 Å². The van der Waals surface area contributed by atoms with Crippen LogP contribution in [-0.2, 0) is 0 Å². The number of nitrogens with two attached hydrogens (primary N) is 1. The number of amides is 1. The molecule has 0 radical (unpaired) electrons. The van der Waals surface area contributed by atoms with E-state index in [1.54, 1.807) is 0 Å². The van der Waals surface area contributed by atoms with E-state index in [4.69, 9.17) is 5.73 Å². The number of halogens is 2. The van der Waals surface area contributed by atoms with Gasteiger partial charge in [0.15, 0.2) is 0 Å². The van der Waals surface area contributed by atoms with Crippen molar-refractivity contribution in [2.24, 2.45) is 0 Å². The van der Waals surface area contributed by atoms with Gasteiger partial charge in [0.05, 0.1) is 5.69 Å². The zero-order valence-corrected chi connectivity index (χ0v) is 12.7. The maximum absolute atomic E-state index is 13.1. The molecule has 0 aromatic heterocycles. The third-order valence-corrected chi connectivity index (χ3v) is 3.45. The molecule has 0 fully saturated rings. The van der Waals surface area contributed by atoms with E-state index in [1.807, 2.05) is 26.0 Å². The maximum atomic E-state index is 13.1. The van der Waals surface area contributed by atoms with Gasteiger partial charge in [-0.05, 0) is 55.3 Å². The molecule has 0 saturated heterocycles. The standard InChI is InChI=1S/C15H14BrFN2O/c1-8-5-11(16)6-9(2)14(8)19-15(20)10-3-4-12(17)13(18)7-10/h3-7H,18H2,1-2H3,(H,19,20). The average molecular weight is 337 g/mol. The van der Waals surface area contributed by atoms with Crippen molar-refractivity contribution in [3.05, 3.63) is 57.3 Å². The van der Waals surface area contributed by atoms with Crippen LogP contribution in [0, 0.1) is 19.7 Å². The molecule has 2 aromatic rings. The minimum absolute atomic E-state index is 0.0399. The van der Waals surface area contributed by atoms with E-state index in [0.717, 1.165) is 21.3 Å². The van der Waals surface area contributed by atoms with Crippen LogP contribution in [0.2, 0.25) is 0 Å². The summed E-state index contributed by atoms with van der Waals surface area (Å²) in [5.74, 6) is -0.845. The van der Waals surface area contributed by atoms with Crippen molar-refractivity contribution in [1.82, 2.24) is 0 Å². The molecule has 0 atom stereocenters. The highest BCUT2D eigenvalue weighted by atomic mass is 79.9. The van der Waals surface area contributed by atoms with Crippen molar-refractivity contribution in [2.45, 2.75) is 13.8 Å². The summed E-state index contributed by atoms with van der Waals surface area (Å²) in [7, 11) is 0. The second-order valence-corrected chi connectivity index (χ2v) is 5.52. The number of nitrogens with one attached hydrogen (secondary N) is 1. The lowest BCUT2D eigenvalue weighted by Gasteiger charge is -2.12. The smallest absolute Gasteiger partial charge is 0.255 e. The molecule has 3 N–H and O–H groups in total. The van der Waals surface area contributed by atoms with E-state index in [-0.39, 0.29) is 11.6 Å². The number of carbonyl (C=O) groups is 1. The summed E-state index contributed by atoms with van der Waals surface area (Å²) in [6, 6.07) is 7.76. The van der Waals surface area contributed by atoms with Crippen LogP contribution in [-0.4, -0.2) is 5.91 Å². The number of rotatable bonds is 2. The van der Waals surface area contributed by atoms with Gasteiger partial charge in [-0.3, -0.25) is 4.79 Å². The van der Waals surface area contributed by atoms with Crippen molar-refractivity contribution >= 4 is 33.2 Å². The minimum Gasteiger partial charge on any atom is -0.396 e. The van der Waals surface area contributed by atoms with Gasteiger partial charge in [-0.25, -0.2) is 4.39 Å². The van der Waals surface area contributed by atoms with Crippen molar-refractivity contribution in [3.8, 4) is 0 Å². The summed E-state index contributed by atoms with van der Waals surface area (Å²) in [4.78, 5) is 12.2. The number of aryl methyl sites for hydroxylation is 2. The van der Waals surface area contributed by atoms with Gasteiger partial charge in [-0.2, -0.15) is 0 Å². The number of nitrogen functional groups attached to an aromatic ring is 1. The molecule has 3 nitrogen and oxygen atoms in total. The molecule has 2 rings (SSSR count). The molecule has 0 saturated carbocycles. The van der Waals surface area contributed by atoms with E-state index in [9.17, 15) is 9.18 Å². The van der Waals surface area contributed by atoms with Gasteiger partial charge in [0.2, 0.25) is 0 Å². The number of benzene rings is 2. The first kappa shape index (κ1) is 14.5. The highest BCUT2D eigenvalue weighted by Crippen LogP contribution is 2.25. The molecule has 0 heterocycles. The second kappa shape index (κ2) is 5.63. The Morgan fingerprint density at radius 2 is 1.80 bits per heavy atom. The predicted octanol–water partition coefficient (Wildman–Crippen LogP) is 4.04. The molecule has 20 heavy (non-hydrogen) atoms. The van der Waals surface area contributed by atoms with Crippen LogP contribution >= 0.6 is 15.9 Å². The van der Waals surface area contributed by atoms with Crippen LogP contribution < -0.4 is 11.1 Å². The Hall–Kier alpha value is -1.88. The lowest BCUT2D eigenvalue weighted by molar-refractivity contribution is 0.102. The van der Waals surface area contributed by atoms with E-state index in [1.165, 1.54) is 18.2 Å². The molecule has 2 aromatic carbocycles. The van der Waals surface area contributed by atoms with Gasteiger partial charge < -0.3 is 11.1 Å². The Morgan fingerprint density at radius 3 is 2.35 bits per heavy atom. The molecule has 0 aliphatic rings. The Balaban J connectivity index is 2.30. The molecule has 0 aliphatic carbocycles. The lowest BCUT2D eigenvalue weighted by atomic mass is 10.1. The van der Waals surface area contributed by atoms with Crippen molar-refractivity contribution in [2.75, 3.05) is 11.1 Å². The van der Waals surface area contributed by atoms with Crippen molar-refractivity contribution in [1.29, 1.82) is 0 Å². The fourth-order valence-electron chi connectivity index (χ4n) is 1.98. The quantitative estimate of drug-likeness (QED) is 0.813. The van der Waals surface area contributed by atoms with Gasteiger partial charge in [-0.1, -0.05) is 15.9 Å². The zero-order chi connectivity index (χ0) is 14.9. The number of anilines is 2. The van der Waals surface area contributed by atoms with Crippen molar-refractivity contribution < 1.29 is 9.18 Å². The van der Waals surface area contributed by atoms with Crippen LogP contribution in [0.1, 0.15) is 21.5 Å². The summed E-state index contributed by atoms with van der Waals surface area (Å²) in [6.45, 7) is 3.82. The monoisotopic (exact) mass is 336 g/mol. The van der Waals surface area contributed by atoms with E-state index >= 15 is 0 Å². The highest BCUT2D eigenvalue weighted by Gasteiger charge is 2.12. The molecular formula is C15H14BrFN2O. The van der Waals surface area contributed by atoms with Crippen molar-refractivity contribution in [3.63, 3.8) is 0 Å². The molecule has 0 spiro atoms. The number of carbonyl (C=O) groups excluding carboxylic acids is 1. The van der Waals surface area contributed by atoms with Gasteiger partial charge in [0.25, 0.3) is 5.91 Å². The van der Waals surface area contributed by atoms with E-state index in [0.29, 0.717) is 5.56 Å². The summed E-state index contributed by atoms with van der Waals surface area (Å²) in [5, 5.41) is 2.83. The molecule has 0 unspecified atom stereocenters. The maximum Gasteiger partial charge on any atom is 0.255 e. The molecule has 5 heteroatoms. The van der Waals surface area contributed by atoms with Gasteiger partial charge in [0, 0.05) is 15.7 Å². The van der Waals surface area contributed by atoms with E-state index < -0.39 is 5.82 Å². The largest absolute Gasteiger partial charge is 0.396 e. The van der Waals surface area contributed by atoms with E-state index in [2.05, 4.69) is 21.2 Å². The van der Waals surface area contributed by atoms with Gasteiger partial charge in [0.1, 0.15) is 5.82 Å². The lowest BCUT2D eigenvalue weighted by Crippen LogP contribution is -2.14. The first-order valence-electron chi connectivity index (χ1n) is 6.01. The fourth-order valence-corrected chi connectivity index (χ4v) is 2.67. The fraction of sp³-hybridized carbons (Fsp3) is 0.133. The molecular weight excluding hydrogens is 323 g/mol. The van der Waals surface area contributed by atoms with Crippen LogP contribution in [0.4, 0.5) is 15.8 Å². The molecule has 0 bridgehead atoms. The summed E-state index contributed by atoms with van der Waals surface area (Å²) >= 11 is 3.40. The number of hydrogen-bond acceptors (Lipinski definition) is 2. The number of hydrogen-bond donors (Lipinski definition) is 2. The van der Waals surface area contributed by atoms with Gasteiger partial charge >= 0.3 is 0 Å². The average Bonchev–Trinajstić information content (AvgIpc) is 2.36. The van der Waals surface area contributed by atoms with Gasteiger partial charge in [-0.15, -0.1) is 0 Å². The Bertz CT molecular complexity index is 663. The predicted molar refractivity (Wildman–Crippen MR) is 82.4 cm³/mol. The zero-order valence-electron chi connectivity index (χ0n) is 11.1. The Morgan fingerprint density at radius 1 is 1.20 bits per heavy atom.